The molecule has 1 aliphatic carbocycles. The highest BCUT2D eigenvalue weighted by molar-refractivity contribution is 8.00. The fourth-order valence-electron chi connectivity index (χ4n) is 2.11. The van der Waals surface area contributed by atoms with Gasteiger partial charge in [-0.3, -0.25) is 0 Å². The molecule has 0 radical (unpaired) electrons. The van der Waals surface area contributed by atoms with Crippen LogP contribution in [0.2, 0.25) is 5.02 Å². The van der Waals surface area contributed by atoms with Crippen LogP contribution in [0.25, 0.3) is 0 Å². The highest BCUT2D eigenvalue weighted by atomic mass is 35.5. The third-order valence-electron chi connectivity index (χ3n) is 3.63. The Kier molecular flexibility index (Phi) is 4.65. The van der Waals surface area contributed by atoms with E-state index in [1.54, 1.807) is 11.8 Å². The lowest BCUT2D eigenvalue weighted by Gasteiger charge is -2.40. The van der Waals surface area contributed by atoms with Gasteiger partial charge in [0.2, 0.25) is 10.0 Å². The minimum Gasteiger partial charge on any atom is -0.210 e. The van der Waals surface area contributed by atoms with Crippen LogP contribution in [0.5, 0.6) is 0 Å². The predicted octanol–water partition coefficient (Wildman–Crippen LogP) is 2.78. The molecule has 108 valence electrons. The van der Waals surface area contributed by atoms with E-state index in [-0.39, 0.29) is 20.2 Å². The molecule has 0 saturated heterocycles. The molecule has 0 heterocycles. The van der Waals surface area contributed by atoms with Crippen molar-refractivity contribution in [3.8, 4) is 6.07 Å². The molecule has 7 heteroatoms. The van der Waals surface area contributed by atoms with Crippen molar-refractivity contribution >= 4 is 33.4 Å². The summed E-state index contributed by atoms with van der Waals surface area (Å²) in [6.07, 6.45) is 5.16. The molecule has 1 aromatic rings. The van der Waals surface area contributed by atoms with Crippen LogP contribution in [0, 0.1) is 11.3 Å². The minimum atomic E-state index is -3.69. The van der Waals surface area contributed by atoms with Crippen LogP contribution in [-0.4, -0.2) is 26.0 Å². The van der Waals surface area contributed by atoms with Gasteiger partial charge in [0.05, 0.1) is 16.7 Å². The number of nitrogens with one attached hydrogen (secondary N) is 1. The van der Waals surface area contributed by atoms with Gasteiger partial charge in [-0.25, -0.2) is 13.1 Å². The highest BCUT2D eigenvalue weighted by Gasteiger charge is 2.37. The number of rotatable bonds is 5. The van der Waals surface area contributed by atoms with Gasteiger partial charge in [-0.2, -0.15) is 17.0 Å². The third kappa shape index (κ3) is 3.12. The summed E-state index contributed by atoms with van der Waals surface area (Å²) in [5.74, 6) is 0. The molecule has 1 saturated carbocycles. The Morgan fingerprint density at radius 3 is 2.70 bits per heavy atom. The maximum atomic E-state index is 12.3. The van der Waals surface area contributed by atoms with Crippen LogP contribution in [0.1, 0.15) is 24.8 Å². The highest BCUT2D eigenvalue weighted by Crippen LogP contribution is 2.42. The summed E-state index contributed by atoms with van der Waals surface area (Å²) in [6, 6.07) is 6.15. The van der Waals surface area contributed by atoms with Crippen LogP contribution >= 0.6 is 23.4 Å². The maximum absolute atomic E-state index is 12.3. The number of hydrogen-bond donors (Lipinski definition) is 1. The van der Waals surface area contributed by atoms with E-state index in [0.29, 0.717) is 6.54 Å². The van der Waals surface area contributed by atoms with Crippen LogP contribution < -0.4 is 4.72 Å². The molecule has 2 rings (SSSR count). The summed E-state index contributed by atoms with van der Waals surface area (Å²) in [6.45, 7) is 0.392. The number of halogens is 1. The lowest BCUT2D eigenvalue weighted by Crippen LogP contribution is -2.45. The molecule has 1 N–H and O–H groups in total. The number of nitriles is 1. The number of nitrogens with zero attached hydrogens (tertiary/aromatic N) is 1. The fraction of sp³-hybridized carbons (Fsp3) is 0.462. The zero-order chi connectivity index (χ0) is 14.8. The van der Waals surface area contributed by atoms with E-state index in [9.17, 15) is 8.42 Å². The molecule has 0 unspecified atom stereocenters. The SMILES string of the molecule is CSC1(CNS(=O)(=O)c2cc(C#N)ccc2Cl)CCC1. The van der Waals surface area contributed by atoms with Gasteiger partial charge in [0, 0.05) is 11.3 Å². The molecule has 0 aromatic heterocycles. The van der Waals surface area contributed by atoms with E-state index in [1.165, 1.54) is 18.2 Å². The molecule has 1 fully saturated rings. The summed E-state index contributed by atoms with van der Waals surface area (Å²) in [5, 5.41) is 8.98. The number of thioether (sulfide) groups is 1. The van der Waals surface area contributed by atoms with Crippen molar-refractivity contribution in [2.75, 3.05) is 12.8 Å². The lowest BCUT2D eigenvalue weighted by atomic mass is 9.84. The Hall–Kier alpha value is -0.740. The molecule has 0 atom stereocenters. The molecule has 0 aliphatic heterocycles. The van der Waals surface area contributed by atoms with Gasteiger partial charge < -0.3 is 0 Å². The second-order valence-electron chi connectivity index (χ2n) is 4.82. The van der Waals surface area contributed by atoms with Gasteiger partial charge in [0.1, 0.15) is 4.90 Å². The minimum absolute atomic E-state index is 0.00633. The van der Waals surface area contributed by atoms with Crippen molar-refractivity contribution in [1.29, 1.82) is 5.26 Å². The van der Waals surface area contributed by atoms with E-state index < -0.39 is 10.0 Å². The summed E-state index contributed by atoms with van der Waals surface area (Å²) in [4.78, 5) is -0.0335. The molecule has 4 nitrogen and oxygen atoms in total. The van der Waals surface area contributed by atoms with Gasteiger partial charge in [-0.05, 0) is 37.3 Å². The summed E-state index contributed by atoms with van der Waals surface area (Å²) in [5.41, 5.74) is 0.276. The predicted molar refractivity (Wildman–Crippen MR) is 81.5 cm³/mol. The maximum Gasteiger partial charge on any atom is 0.242 e. The number of benzene rings is 1. The smallest absolute Gasteiger partial charge is 0.210 e. The molecule has 1 aliphatic rings. The van der Waals surface area contributed by atoms with Gasteiger partial charge >= 0.3 is 0 Å². The first-order chi connectivity index (χ1) is 9.42. The van der Waals surface area contributed by atoms with Crippen molar-refractivity contribution in [3.63, 3.8) is 0 Å². The topological polar surface area (TPSA) is 70.0 Å². The van der Waals surface area contributed by atoms with Gasteiger partial charge in [-0.1, -0.05) is 18.0 Å². The molecular formula is C13H15ClN2O2S2. The van der Waals surface area contributed by atoms with Crippen LogP contribution in [0.4, 0.5) is 0 Å². The third-order valence-corrected chi connectivity index (χ3v) is 6.93. The van der Waals surface area contributed by atoms with E-state index in [1.807, 2.05) is 12.3 Å². The fourth-order valence-corrected chi connectivity index (χ4v) is 4.76. The first-order valence-electron chi connectivity index (χ1n) is 6.17. The largest absolute Gasteiger partial charge is 0.242 e. The Morgan fingerprint density at radius 2 is 2.20 bits per heavy atom. The monoisotopic (exact) mass is 330 g/mol. The van der Waals surface area contributed by atoms with Crippen molar-refractivity contribution in [1.82, 2.24) is 4.72 Å². The first kappa shape index (κ1) is 15.6. The van der Waals surface area contributed by atoms with Gasteiger partial charge in [-0.15, -0.1) is 0 Å². The molecule has 0 amide bonds. The second kappa shape index (κ2) is 5.94. The van der Waals surface area contributed by atoms with E-state index >= 15 is 0 Å². The van der Waals surface area contributed by atoms with Gasteiger partial charge in [0.25, 0.3) is 0 Å². The molecule has 0 bridgehead atoms. The quantitative estimate of drug-likeness (QED) is 0.901. The summed E-state index contributed by atoms with van der Waals surface area (Å²) in [7, 11) is -3.69. The van der Waals surface area contributed by atoms with Crippen LogP contribution in [0.15, 0.2) is 23.1 Å². The van der Waals surface area contributed by atoms with Crippen molar-refractivity contribution < 1.29 is 8.42 Å². The first-order valence-corrected chi connectivity index (χ1v) is 9.25. The Balaban J connectivity index is 2.20. The average molecular weight is 331 g/mol. The van der Waals surface area contributed by atoms with Crippen molar-refractivity contribution in [2.45, 2.75) is 28.9 Å². The van der Waals surface area contributed by atoms with E-state index in [2.05, 4.69) is 4.72 Å². The molecular weight excluding hydrogens is 316 g/mol. The normalized spacial score (nSPS) is 17.2. The number of sulfonamides is 1. The van der Waals surface area contributed by atoms with Crippen molar-refractivity contribution in [2.24, 2.45) is 0 Å². The summed E-state index contributed by atoms with van der Waals surface area (Å²) >= 11 is 7.63. The molecule has 0 spiro atoms. The van der Waals surface area contributed by atoms with Crippen LogP contribution in [0.3, 0.4) is 0 Å². The zero-order valence-corrected chi connectivity index (χ0v) is 13.4. The average Bonchev–Trinajstić information content (AvgIpc) is 2.38. The number of hydrogen-bond acceptors (Lipinski definition) is 4. The zero-order valence-electron chi connectivity index (χ0n) is 11.0. The second-order valence-corrected chi connectivity index (χ2v) is 8.24. The Labute approximate surface area is 128 Å². The molecule has 1 aromatic carbocycles. The van der Waals surface area contributed by atoms with Gasteiger partial charge in [0.15, 0.2) is 0 Å². The van der Waals surface area contributed by atoms with Crippen molar-refractivity contribution in [3.05, 3.63) is 28.8 Å². The van der Waals surface area contributed by atoms with E-state index in [4.69, 9.17) is 16.9 Å². The van der Waals surface area contributed by atoms with E-state index in [0.717, 1.165) is 19.3 Å². The Bertz CT molecular complexity index is 643. The standard InChI is InChI=1S/C13H15ClN2O2S2/c1-19-13(5-2-6-13)9-16-20(17,18)12-7-10(8-15)3-4-11(12)14/h3-4,7,16H,2,5-6,9H2,1H3. The van der Waals surface area contributed by atoms with Crippen LogP contribution in [-0.2, 0) is 10.0 Å². The summed E-state index contributed by atoms with van der Waals surface area (Å²) < 4.78 is 27.2. The lowest BCUT2D eigenvalue weighted by molar-refractivity contribution is 0.362. The Morgan fingerprint density at radius 1 is 1.50 bits per heavy atom. The molecule has 20 heavy (non-hydrogen) atoms.